The van der Waals surface area contributed by atoms with Gasteiger partial charge in [0.05, 0.1) is 5.54 Å². The summed E-state index contributed by atoms with van der Waals surface area (Å²) in [6.07, 6.45) is 4.05. The molecule has 0 bridgehead atoms. The number of carbonyl (C=O) groups excluding carboxylic acids is 1. The number of hydrogen-bond acceptors (Lipinski definition) is 4. The molecular formula is C23H22N2O2. The van der Waals surface area contributed by atoms with Gasteiger partial charge in [-0.25, -0.2) is 9.79 Å². The van der Waals surface area contributed by atoms with Crippen LogP contribution in [0.5, 0.6) is 0 Å². The van der Waals surface area contributed by atoms with Gasteiger partial charge in [-0.2, -0.15) is 0 Å². The van der Waals surface area contributed by atoms with Crippen LogP contribution in [0, 0.1) is 0 Å². The molecule has 0 spiro atoms. The summed E-state index contributed by atoms with van der Waals surface area (Å²) >= 11 is 0. The summed E-state index contributed by atoms with van der Waals surface area (Å²) in [5, 5.41) is 0. The predicted octanol–water partition coefficient (Wildman–Crippen LogP) is 4.66. The summed E-state index contributed by atoms with van der Waals surface area (Å²) in [4.78, 5) is 18.9. The van der Waals surface area contributed by atoms with Gasteiger partial charge < -0.3 is 9.64 Å². The van der Waals surface area contributed by atoms with E-state index < -0.39 is 5.97 Å². The van der Waals surface area contributed by atoms with Crippen molar-refractivity contribution in [3.63, 3.8) is 0 Å². The van der Waals surface area contributed by atoms with E-state index in [9.17, 15) is 4.79 Å². The zero-order valence-electron chi connectivity index (χ0n) is 16.0. The van der Waals surface area contributed by atoms with Gasteiger partial charge in [-0.1, -0.05) is 30.3 Å². The van der Waals surface area contributed by atoms with Crippen molar-refractivity contribution < 1.29 is 9.53 Å². The Hall–Kier alpha value is -3.14. The van der Waals surface area contributed by atoms with Crippen molar-refractivity contribution >= 4 is 29.2 Å². The fourth-order valence-electron chi connectivity index (χ4n) is 3.54. The Labute approximate surface area is 159 Å². The van der Waals surface area contributed by atoms with Crippen molar-refractivity contribution in [3.05, 3.63) is 77.0 Å². The third-order valence-corrected chi connectivity index (χ3v) is 5.19. The highest BCUT2D eigenvalue weighted by Crippen LogP contribution is 2.38. The molecule has 0 unspecified atom stereocenters. The topological polar surface area (TPSA) is 41.9 Å². The molecule has 0 radical (unpaired) electrons. The maximum Gasteiger partial charge on any atom is 0.363 e. The Morgan fingerprint density at radius 2 is 1.85 bits per heavy atom. The van der Waals surface area contributed by atoms with Gasteiger partial charge in [0, 0.05) is 23.9 Å². The molecule has 2 aromatic carbocycles. The molecule has 2 aromatic rings. The normalized spacial score (nSPS) is 19.5. The van der Waals surface area contributed by atoms with Gasteiger partial charge >= 0.3 is 5.97 Å². The first kappa shape index (κ1) is 17.3. The van der Waals surface area contributed by atoms with Crippen LogP contribution in [-0.2, 0) is 9.53 Å². The van der Waals surface area contributed by atoms with Crippen molar-refractivity contribution in [1.82, 2.24) is 0 Å². The van der Waals surface area contributed by atoms with Gasteiger partial charge in [-0.3, -0.25) is 0 Å². The van der Waals surface area contributed by atoms with Crippen LogP contribution in [0.1, 0.15) is 37.5 Å². The van der Waals surface area contributed by atoms with Gasteiger partial charge in [-0.05, 0) is 62.2 Å². The minimum absolute atomic E-state index is 0.0266. The van der Waals surface area contributed by atoms with Gasteiger partial charge in [0.25, 0.3) is 0 Å². The van der Waals surface area contributed by atoms with Crippen molar-refractivity contribution in [2.75, 3.05) is 11.9 Å². The molecule has 136 valence electrons. The van der Waals surface area contributed by atoms with E-state index in [4.69, 9.17) is 4.74 Å². The van der Waals surface area contributed by atoms with E-state index in [0.717, 1.165) is 11.1 Å². The highest BCUT2D eigenvalue weighted by molar-refractivity contribution is 6.12. The lowest BCUT2D eigenvalue weighted by atomic mass is 9.88. The molecule has 2 heterocycles. The molecule has 4 rings (SSSR count). The molecule has 0 aliphatic carbocycles. The molecule has 0 fully saturated rings. The van der Waals surface area contributed by atoms with Crippen LogP contribution in [0.3, 0.4) is 0 Å². The maximum absolute atomic E-state index is 12.2. The number of esters is 1. The maximum atomic E-state index is 12.2. The summed E-state index contributed by atoms with van der Waals surface area (Å²) in [5.41, 5.74) is 5.61. The van der Waals surface area contributed by atoms with Crippen LogP contribution in [-0.4, -0.2) is 24.5 Å². The number of likely N-dealkylation sites (N-methyl/N-ethyl adjacent to an activating group) is 1. The minimum Gasteiger partial charge on any atom is -0.402 e. The number of benzene rings is 2. The highest BCUT2D eigenvalue weighted by Gasteiger charge is 2.29. The fourth-order valence-corrected chi connectivity index (χ4v) is 3.54. The number of carbonyl (C=O) groups is 1. The second-order valence-electron chi connectivity index (χ2n) is 7.52. The lowest BCUT2D eigenvalue weighted by Gasteiger charge is -2.40. The van der Waals surface area contributed by atoms with Gasteiger partial charge in [0.15, 0.2) is 5.70 Å². The molecule has 2 aliphatic rings. The molecule has 4 nitrogen and oxygen atoms in total. The van der Waals surface area contributed by atoms with E-state index >= 15 is 0 Å². The monoisotopic (exact) mass is 358 g/mol. The molecule has 0 N–H and O–H groups in total. The average molecular weight is 358 g/mol. The van der Waals surface area contributed by atoms with E-state index in [2.05, 4.69) is 55.9 Å². The summed E-state index contributed by atoms with van der Waals surface area (Å²) in [5.74, 6) is -0.0699. The lowest BCUT2D eigenvalue weighted by molar-refractivity contribution is -0.129. The predicted molar refractivity (Wildman–Crippen MR) is 110 cm³/mol. The Morgan fingerprint density at radius 1 is 1.11 bits per heavy atom. The second kappa shape index (κ2) is 6.23. The van der Waals surface area contributed by atoms with Crippen molar-refractivity contribution in [2.45, 2.75) is 26.3 Å². The standard InChI is InChI=1S/C23H22N2O2/c1-15-14-23(2,3)25(4)20-11-10-16(12-18(15)20)13-19-22(26)27-21(24-19)17-8-6-5-7-9-17/h5-14H,1-4H3. The largest absolute Gasteiger partial charge is 0.402 e. The molecule has 4 heteroatoms. The van der Waals surface area contributed by atoms with E-state index in [1.54, 1.807) is 6.08 Å². The fraction of sp³-hybridized carbons (Fsp3) is 0.217. The first-order valence-electron chi connectivity index (χ1n) is 9.01. The molecule has 2 aliphatic heterocycles. The number of rotatable bonds is 2. The number of fused-ring (bicyclic) bond motifs is 1. The van der Waals surface area contributed by atoms with Crippen molar-refractivity contribution in [1.29, 1.82) is 0 Å². The number of cyclic esters (lactones) is 1. The third-order valence-electron chi connectivity index (χ3n) is 5.19. The van der Waals surface area contributed by atoms with Crippen molar-refractivity contribution in [2.24, 2.45) is 4.99 Å². The summed E-state index contributed by atoms with van der Waals surface area (Å²) in [7, 11) is 2.10. The zero-order valence-corrected chi connectivity index (χ0v) is 16.0. The Bertz CT molecular complexity index is 1010. The van der Waals surface area contributed by atoms with E-state index in [-0.39, 0.29) is 5.54 Å². The first-order chi connectivity index (χ1) is 12.8. The highest BCUT2D eigenvalue weighted by atomic mass is 16.6. The summed E-state index contributed by atoms with van der Waals surface area (Å²) in [6, 6.07) is 15.7. The third kappa shape index (κ3) is 3.08. The Morgan fingerprint density at radius 3 is 2.59 bits per heavy atom. The molecule has 27 heavy (non-hydrogen) atoms. The molecule has 0 atom stereocenters. The van der Waals surface area contributed by atoms with Crippen LogP contribution in [0.4, 0.5) is 5.69 Å². The molecular weight excluding hydrogens is 336 g/mol. The molecule has 0 aromatic heterocycles. The van der Waals surface area contributed by atoms with Gasteiger partial charge in [0.1, 0.15) is 0 Å². The number of anilines is 1. The second-order valence-corrected chi connectivity index (χ2v) is 7.52. The zero-order chi connectivity index (χ0) is 19.2. The quantitative estimate of drug-likeness (QED) is 0.579. The van der Waals surface area contributed by atoms with Crippen molar-refractivity contribution in [3.8, 4) is 0 Å². The first-order valence-corrected chi connectivity index (χ1v) is 9.01. The lowest BCUT2D eigenvalue weighted by Crippen LogP contribution is -2.42. The SMILES string of the molecule is CC1=CC(C)(C)N(C)c2ccc(C=C3N=C(c4ccccc4)OC3=O)cc21. The van der Waals surface area contributed by atoms with E-state index in [1.165, 1.54) is 16.8 Å². The van der Waals surface area contributed by atoms with Crippen LogP contribution < -0.4 is 4.90 Å². The van der Waals surface area contributed by atoms with E-state index in [0.29, 0.717) is 11.6 Å². The number of hydrogen-bond donors (Lipinski definition) is 0. The average Bonchev–Trinajstić information content (AvgIpc) is 3.01. The number of ether oxygens (including phenoxy) is 1. The van der Waals surface area contributed by atoms with Crippen LogP contribution >= 0.6 is 0 Å². The number of aliphatic imine (C=N–C) groups is 1. The minimum atomic E-state index is -0.419. The molecule has 0 saturated carbocycles. The van der Waals surface area contributed by atoms with E-state index in [1.807, 2.05) is 36.4 Å². The molecule has 0 saturated heterocycles. The Kier molecular flexibility index (Phi) is 3.99. The van der Waals surface area contributed by atoms with Crippen LogP contribution in [0.2, 0.25) is 0 Å². The summed E-state index contributed by atoms with van der Waals surface area (Å²) < 4.78 is 5.33. The molecule has 0 amide bonds. The smallest absolute Gasteiger partial charge is 0.363 e. The Balaban J connectivity index is 1.71. The number of nitrogens with zero attached hydrogens (tertiary/aromatic N) is 2. The van der Waals surface area contributed by atoms with Gasteiger partial charge in [0.2, 0.25) is 5.90 Å². The van der Waals surface area contributed by atoms with Crippen LogP contribution in [0.25, 0.3) is 11.6 Å². The summed E-state index contributed by atoms with van der Waals surface area (Å²) in [6.45, 7) is 6.52. The van der Waals surface area contributed by atoms with Crippen LogP contribution in [0.15, 0.2) is 65.3 Å². The van der Waals surface area contributed by atoms with Gasteiger partial charge in [-0.15, -0.1) is 0 Å². The number of allylic oxidation sites excluding steroid dienone is 1.